The van der Waals surface area contributed by atoms with E-state index in [9.17, 15) is 0 Å². The lowest BCUT2D eigenvalue weighted by atomic mass is 10.1. The molecule has 0 aliphatic rings. The highest BCUT2D eigenvalue weighted by Gasteiger charge is 2.24. The molecule has 0 saturated carbocycles. The molecule has 78 valence electrons. The first-order valence-electron chi connectivity index (χ1n) is 4.23. The van der Waals surface area contributed by atoms with Crippen LogP contribution in [-0.4, -0.2) is 17.1 Å². The molecule has 0 bridgehead atoms. The molecule has 0 amide bonds. The number of anilines is 1. The smallest absolute Gasteiger partial charge is 0.162 e. The molecule has 1 aromatic rings. The van der Waals surface area contributed by atoms with Crippen molar-refractivity contribution in [2.24, 2.45) is 0 Å². The van der Waals surface area contributed by atoms with Crippen molar-refractivity contribution in [2.45, 2.75) is 26.4 Å². The van der Waals surface area contributed by atoms with Crippen LogP contribution in [0.3, 0.4) is 0 Å². The van der Waals surface area contributed by atoms with E-state index in [4.69, 9.17) is 10.5 Å². The molecule has 5 heteroatoms. The van der Waals surface area contributed by atoms with E-state index in [0.717, 1.165) is 9.26 Å². The highest BCUT2D eigenvalue weighted by atomic mass is 127. The van der Waals surface area contributed by atoms with E-state index in [-0.39, 0.29) is 0 Å². The molecule has 0 aliphatic heterocycles. The Labute approximate surface area is 97.4 Å². The van der Waals surface area contributed by atoms with E-state index < -0.39 is 5.60 Å². The van der Waals surface area contributed by atoms with Gasteiger partial charge < -0.3 is 10.5 Å². The van der Waals surface area contributed by atoms with Crippen molar-refractivity contribution in [3.05, 3.63) is 15.1 Å². The number of aryl methyl sites for hydroxylation is 1. The number of aromatic nitrogens is 2. The van der Waals surface area contributed by atoms with Crippen LogP contribution in [0.1, 0.15) is 25.4 Å². The number of nitrogens with zero attached hydrogens (tertiary/aromatic N) is 2. The summed E-state index contributed by atoms with van der Waals surface area (Å²) in [6.07, 6.45) is 0. The molecule has 4 nitrogen and oxygen atoms in total. The normalized spacial score (nSPS) is 11.8. The molecular formula is C9H14IN3O. The lowest BCUT2D eigenvalue weighted by Crippen LogP contribution is -2.24. The molecule has 0 aliphatic carbocycles. The number of halogens is 1. The van der Waals surface area contributed by atoms with E-state index in [1.165, 1.54) is 0 Å². The van der Waals surface area contributed by atoms with E-state index in [1.54, 1.807) is 7.11 Å². The van der Waals surface area contributed by atoms with Gasteiger partial charge in [0.05, 0.1) is 9.26 Å². The molecule has 0 fully saturated rings. The quantitative estimate of drug-likeness (QED) is 0.847. The summed E-state index contributed by atoms with van der Waals surface area (Å²) in [4.78, 5) is 8.56. The maximum atomic E-state index is 5.76. The number of ether oxygens (including phenoxy) is 1. The predicted octanol–water partition coefficient (Wildman–Crippen LogP) is 1.85. The maximum absolute atomic E-state index is 5.76. The monoisotopic (exact) mass is 307 g/mol. The minimum absolute atomic E-state index is 0.497. The van der Waals surface area contributed by atoms with E-state index >= 15 is 0 Å². The third kappa shape index (κ3) is 2.14. The summed E-state index contributed by atoms with van der Waals surface area (Å²) in [6, 6.07) is 0. The SMILES string of the molecule is COC(C)(C)c1nc(C)c(I)c(N)n1. The summed E-state index contributed by atoms with van der Waals surface area (Å²) < 4.78 is 6.19. The standard InChI is InChI=1S/C9H14IN3O/c1-5-6(10)7(11)13-8(12-5)9(2,3)14-4/h1-4H3,(H2,11,12,13). The molecule has 0 aromatic carbocycles. The van der Waals surface area contributed by atoms with Gasteiger partial charge in [-0.15, -0.1) is 0 Å². The van der Waals surface area contributed by atoms with Gasteiger partial charge in [0.15, 0.2) is 5.82 Å². The van der Waals surface area contributed by atoms with Gasteiger partial charge in [-0.3, -0.25) is 0 Å². The molecule has 0 spiro atoms. The zero-order chi connectivity index (χ0) is 10.9. The summed E-state index contributed by atoms with van der Waals surface area (Å²) in [5.41, 5.74) is 6.15. The second-order valence-electron chi connectivity index (χ2n) is 3.55. The Balaban J connectivity index is 3.26. The van der Waals surface area contributed by atoms with Crippen LogP contribution in [0.15, 0.2) is 0 Å². The summed E-state index contributed by atoms with van der Waals surface area (Å²) in [5.74, 6) is 1.13. The number of hydrogen-bond donors (Lipinski definition) is 1. The number of nitrogens with two attached hydrogens (primary N) is 1. The first-order valence-corrected chi connectivity index (χ1v) is 5.31. The first-order chi connectivity index (χ1) is 6.38. The van der Waals surface area contributed by atoms with Crippen molar-refractivity contribution in [3.8, 4) is 0 Å². The van der Waals surface area contributed by atoms with Gasteiger partial charge in [0.25, 0.3) is 0 Å². The van der Waals surface area contributed by atoms with Crippen LogP contribution in [-0.2, 0) is 10.3 Å². The van der Waals surface area contributed by atoms with Crippen LogP contribution in [0, 0.1) is 10.5 Å². The molecular weight excluding hydrogens is 293 g/mol. The van der Waals surface area contributed by atoms with Crippen molar-refractivity contribution in [3.63, 3.8) is 0 Å². The van der Waals surface area contributed by atoms with Gasteiger partial charge in [-0.25, -0.2) is 9.97 Å². The summed E-state index contributed by atoms with van der Waals surface area (Å²) >= 11 is 2.13. The lowest BCUT2D eigenvalue weighted by molar-refractivity contribution is 0.0114. The number of hydrogen-bond acceptors (Lipinski definition) is 4. The molecule has 14 heavy (non-hydrogen) atoms. The molecule has 1 heterocycles. The highest BCUT2D eigenvalue weighted by molar-refractivity contribution is 14.1. The van der Waals surface area contributed by atoms with Gasteiger partial charge in [0.2, 0.25) is 0 Å². The van der Waals surface area contributed by atoms with Crippen molar-refractivity contribution in [1.29, 1.82) is 0 Å². The van der Waals surface area contributed by atoms with Crippen LogP contribution in [0.4, 0.5) is 5.82 Å². The van der Waals surface area contributed by atoms with E-state index in [0.29, 0.717) is 11.6 Å². The minimum Gasteiger partial charge on any atom is -0.383 e. The Morgan fingerprint density at radius 2 is 1.93 bits per heavy atom. The van der Waals surface area contributed by atoms with Crippen LogP contribution in [0.2, 0.25) is 0 Å². The predicted molar refractivity (Wildman–Crippen MR) is 63.9 cm³/mol. The summed E-state index contributed by atoms with van der Waals surface area (Å²) in [7, 11) is 1.63. The van der Waals surface area contributed by atoms with Crippen molar-refractivity contribution in [1.82, 2.24) is 9.97 Å². The lowest BCUT2D eigenvalue weighted by Gasteiger charge is -2.21. The topological polar surface area (TPSA) is 61.0 Å². The van der Waals surface area contributed by atoms with Gasteiger partial charge >= 0.3 is 0 Å². The van der Waals surface area contributed by atoms with Crippen LogP contribution >= 0.6 is 22.6 Å². The Hall–Kier alpha value is -0.430. The first kappa shape index (κ1) is 11.6. The second kappa shape index (κ2) is 3.98. The van der Waals surface area contributed by atoms with E-state index in [2.05, 4.69) is 32.6 Å². The summed E-state index contributed by atoms with van der Waals surface area (Å²) in [6.45, 7) is 5.73. The molecule has 0 unspecified atom stereocenters. The third-order valence-corrected chi connectivity index (χ3v) is 3.42. The minimum atomic E-state index is -0.497. The van der Waals surface area contributed by atoms with Gasteiger partial charge in [0.1, 0.15) is 11.4 Å². The van der Waals surface area contributed by atoms with Crippen LogP contribution in [0.25, 0.3) is 0 Å². The van der Waals surface area contributed by atoms with Crippen LogP contribution in [0.5, 0.6) is 0 Å². The molecule has 0 atom stereocenters. The molecule has 0 radical (unpaired) electrons. The van der Waals surface area contributed by atoms with Gasteiger partial charge in [-0.05, 0) is 43.4 Å². The molecule has 0 saturated heterocycles. The molecule has 2 N–H and O–H groups in total. The third-order valence-electron chi connectivity index (χ3n) is 2.09. The number of methoxy groups -OCH3 is 1. The van der Waals surface area contributed by atoms with Gasteiger partial charge in [0, 0.05) is 7.11 Å². The zero-order valence-electron chi connectivity index (χ0n) is 8.76. The van der Waals surface area contributed by atoms with Crippen LogP contribution < -0.4 is 5.73 Å². The van der Waals surface area contributed by atoms with Crippen molar-refractivity contribution in [2.75, 3.05) is 12.8 Å². The largest absolute Gasteiger partial charge is 0.383 e. The fraction of sp³-hybridized carbons (Fsp3) is 0.556. The summed E-state index contributed by atoms with van der Waals surface area (Å²) in [5, 5.41) is 0. The zero-order valence-corrected chi connectivity index (χ0v) is 10.9. The Kier molecular flexibility index (Phi) is 3.31. The van der Waals surface area contributed by atoms with Crippen molar-refractivity contribution >= 4 is 28.4 Å². The van der Waals surface area contributed by atoms with Gasteiger partial charge in [-0.1, -0.05) is 0 Å². The Morgan fingerprint density at radius 1 is 1.36 bits per heavy atom. The highest BCUT2D eigenvalue weighted by Crippen LogP contribution is 2.24. The average molecular weight is 307 g/mol. The molecule has 1 rings (SSSR count). The van der Waals surface area contributed by atoms with Crippen molar-refractivity contribution < 1.29 is 4.74 Å². The number of rotatable bonds is 2. The average Bonchev–Trinajstić information content (AvgIpc) is 2.13. The van der Waals surface area contributed by atoms with E-state index in [1.807, 2.05) is 20.8 Å². The number of nitrogen functional groups attached to an aromatic ring is 1. The second-order valence-corrected chi connectivity index (χ2v) is 4.63. The Morgan fingerprint density at radius 3 is 2.36 bits per heavy atom. The Bertz CT molecular complexity index is 329. The fourth-order valence-electron chi connectivity index (χ4n) is 0.942. The van der Waals surface area contributed by atoms with Gasteiger partial charge in [-0.2, -0.15) is 0 Å². The molecule has 1 aromatic heterocycles. The maximum Gasteiger partial charge on any atom is 0.162 e. The fourth-order valence-corrected chi connectivity index (χ4v) is 1.18.